The smallest absolute Gasteiger partial charge is 0.236 e. The van der Waals surface area contributed by atoms with E-state index in [1.165, 1.54) is 11.1 Å². The van der Waals surface area contributed by atoms with Crippen LogP contribution in [0.1, 0.15) is 31.0 Å². The first kappa shape index (κ1) is 18.9. The van der Waals surface area contributed by atoms with Gasteiger partial charge in [-0.05, 0) is 38.6 Å². The molecule has 3 N–H and O–H groups in total. The number of aryl methyl sites for hydroxylation is 1. The molecular formula is C15H26ClN3O. The fraction of sp³-hybridized carbons (Fsp3) is 0.533. The minimum atomic E-state index is -0.467. The first-order valence-corrected chi connectivity index (χ1v) is 6.74. The zero-order valence-corrected chi connectivity index (χ0v) is 13.5. The van der Waals surface area contributed by atoms with Crippen LogP contribution in [0, 0.1) is 0 Å². The molecule has 1 aromatic rings. The summed E-state index contributed by atoms with van der Waals surface area (Å²) in [5, 5.41) is 2.89. The van der Waals surface area contributed by atoms with Crippen molar-refractivity contribution in [2.75, 3.05) is 20.6 Å². The lowest BCUT2D eigenvalue weighted by Crippen LogP contribution is -2.42. The maximum atomic E-state index is 11.5. The maximum Gasteiger partial charge on any atom is 0.236 e. The standard InChI is InChI=1S/C15H25N3O.ClH/c1-5-12-6-8-13(9-7-12)14(18(3)4)10-17-15(19)11(2)16;/h6-9,11,14H,5,10,16H2,1-4H3,(H,17,19);1H. The number of nitrogens with one attached hydrogen (secondary N) is 1. The Morgan fingerprint density at radius 1 is 1.30 bits per heavy atom. The molecule has 1 rings (SSSR count). The van der Waals surface area contributed by atoms with Crippen molar-refractivity contribution >= 4 is 18.3 Å². The second-order valence-electron chi connectivity index (χ2n) is 5.11. The second-order valence-corrected chi connectivity index (χ2v) is 5.11. The number of carbonyl (C=O) groups is 1. The third-order valence-electron chi connectivity index (χ3n) is 3.28. The number of nitrogens with zero attached hydrogens (tertiary/aromatic N) is 1. The van der Waals surface area contributed by atoms with E-state index in [4.69, 9.17) is 5.73 Å². The van der Waals surface area contributed by atoms with Crippen LogP contribution in [-0.2, 0) is 11.2 Å². The maximum absolute atomic E-state index is 11.5. The molecule has 0 saturated heterocycles. The average molecular weight is 300 g/mol. The lowest BCUT2D eigenvalue weighted by molar-refractivity contribution is -0.122. The van der Waals surface area contributed by atoms with E-state index in [0.717, 1.165) is 6.42 Å². The number of nitrogens with two attached hydrogens (primary N) is 1. The van der Waals surface area contributed by atoms with Crippen molar-refractivity contribution in [3.05, 3.63) is 35.4 Å². The predicted molar refractivity (Wildman–Crippen MR) is 86.2 cm³/mol. The van der Waals surface area contributed by atoms with Crippen LogP contribution in [0.15, 0.2) is 24.3 Å². The second kappa shape index (κ2) is 8.95. The largest absolute Gasteiger partial charge is 0.353 e. The van der Waals surface area contributed by atoms with Crippen molar-refractivity contribution in [1.29, 1.82) is 0 Å². The van der Waals surface area contributed by atoms with Crippen LogP contribution >= 0.6 is 12.4 Å². The average Bonchev–Trinajstić information content (AvgIpc) is 2.38. The highest BCUT2D eigenvalue weighted by atomic mass is 35.5. The number of amides is 1. The van der Waals surface area contributed by atoms with Gasteiger partial charge in [0, 0.05) is 6.54 Å². The SMILES string of the molecule is CCc1ccc(C(CNC(=O)C(C)N)N(C)C)cc1.Cl. The zero-order valence-electron chi connectivity index (χ0n) is 12.7. The lowest BCUT2D eigenvalue weighted by atomic mass is 10.0. The molecule has 0 saturated carbocycles. The molecule has 1 amide bonds. The van der Waals surface area contributed by atoms with Crippen LogP contribution in [0.3, 0.4) is 0 Å². The summed E-state index contributed by atoms with van der Waals surface area (Å²) in [5.74, 6) is -0.114. The molecule has 1 aromatic carbocycles. The molecule has 0 heterocycles. The Labute approximate surface area is 128 Å². The molecule has 114 valence electrons. The van der Waals surface area contributed by atoms with Crippen LogP contribution in [0.2, 0.25) is 0 Å². The third kappa shape index (κ3) is 5.49. The van der Waals surface area contributed by atoms with Crippen molar-refractivity contribution in [3.8, 4) is 0 Å². The van der Waals surface area contributed by atoms with Gasteiger partial charge in [-0.25, -0.2) is 0 Å². The molecule has 2 atom stereocenters. The minimum absolute atomic E-state index is 0. The summed E-state index contributed by atoms with van der Waals surface area (Å²) >= 11 is 0. The fourth-order valence-electron chi connectivity index (χ4n) is 1.93. The van der Waals surface area contributed by atoms with Crippen molar-refractivity contribution < 1.29 is 4.79 Å². The number of hydrogen-bond donors (Lipinski definition) is 2. The third-order valence-corrected chi connectivity index (χ3v) is 3.28. The van der Waals surface area contributed by atoms with Gasteiger partial charge in [0.15, 0.2) is 0 Å². The number of benzene rings is 1. The van der Waals surface area contributed by atoms with Gasteiger partial charge in [0.1, 0.15) is 0 Å². The van der Waals surface area contributed by atoms with Gasteiger partial charge in [-0.2, -0.15) is 0 Å². The molecule has 0 aliphatic heterocycles. The fourth-order valence-corrected chi connectivity index (χ4v) is 1.93. The van der Waals surface area contributed by atoms with Gasteiger partial charge >= 0.3 is 0 Å². The molecule has 0 aliphatic carbocycles. The zero-order chi connectivity index (χ0) is 14.4. The van der Waals surface area contributed by atoms with E-state index in [1.807, 2.05) is 14.1 Å². The van der Waals surface area contributed by atoms with Gasteiger partial charge in [-0.3, -0.25) is 4.79 Å². The summed E-state index contributed by atoms with van der Waals surface area (Å²) in [7, 11) is 4.02. The van der Waals surface area contributed by atoms with Crippen molar-refractivity contribution in [2.24, 2.45) is 5.73 Å². The molecule has 0 spiro atoms. The first-order valence-electron chi connectivity index (χ1n) is 6.74. The van der Waals surface area contributed by atoms with E-state index in [2.05, 4.69) is 41.4 Å². The van der Waals surface area contributed by atoms with Crippen LogP contribution < -0.4 is 11.1 Å². The van der Waals surface area contributed by atoms with Crippen molar-refractivity contribution in [1.82, 2.24) is 10.2 Å². The molecule has 0 fully saturated rings. The Balaban J connectivity index is 0.00000361. The minimum Gasteiger partial charge on any atom is -0.353 e. The number of likely N-dealkylation sites (N-methyl/N-ethyl adjacent to an activating group) is 1. The van der Waals surface area contributed by atoms with E-state index in [1.54, 1.807) is 6.92 Å². The lowest BCUT2D eigenvalue weighted by Gasteiger charge is -2.25. The highest BCUT2D eigenvalue weighted by Crippen LogP contribution is 2.18. The molecule has 0 bridgehead atoms. The van der Waals surface area contributed by atoms with E-state index in [9.17, 15) is 4.79 Å². The van der Waals surface area contributed by atoms with Crippen molar-refractivity contribution in [2.45, 2.75) is 32.4 Å². The van der Waals surface area contributed by atoms with Gasteiger partial charge in [0.2, 0.25) is 5.91 Å². The van der Waals surface area contributed by atoms with E-state index >= 15 is 0 Å². The molecule has 5 heteroatoms. The molecule has 20 heavy (non-hydrogen) atoms. The quantitative estimate of drug-likeness (QED) is 0.841. The number of hydrogen-bond acceptors (Lipinski definition) is 3. The summed E-state index contributed by atoms with van der Waals surface area (Å²) in [4.78, 5) is 13.6. The molecule has 0 aliphatic rings. The highest BCUT2D eigenvalue weighted by Gasteiger charge is 2.16. The van der Waals surface area contributed by atoms with Gasteiger partial charge in [-0.1, -0.05) is 31.2 Å². The topological polar surface area (TPSA) is 58.4 Å². The molecule has 2 unspecified atom stereocenters. The highest BCUT2D eigenvalue weighted by molar-refractivity contribution is 5.85. The Morgan fingerprint density at radius 2 is 1.85 bits per heavy atom. The molecule has 0 radical (unpaired) electrons. The van der Waals surface area contributed by atoms with E-state index in [0.29, 0.717) is 6.54 Å². The van der Waals surface area contributed by atoms with Crippen LogP contribution in [-0.4, -0.2) is 37.5 Å². The molecule has 4 nitrogen and oxygen atoms in total. The van der Waals surface area contributed by atoms with E-state index < -0.39 is 6.04 Å². The van der Waals surface area contributed by atoms with Gasteiger partial charge < -0.3 is 16.0 Å². The Hall–Kier alpha value is -1.10. The van der Waals surface area contributed by atoms with Gasteiger partial charge in [0.25, 0.3) is 0 Å². The van der Waals surface area contributed by atoms with E-state index in [-0.39, 0.29) is 24.4 Å². The summed E-state index contributed by atoms with van der Waals surface area (Å²) in [6.07, 6.45) is 1.04. The predicted octanol–water partition coefficient (Wildman–Crippen LogP) is 1.74. The number of carbonyl (C=O) groups excluding carboxylic acids is 1. The molecule has 0 aromatic heterocycles. The molecular weight excluding hydrogens is 274 g/mol. The van der Waals surface area contributed by atoms with Crippen LogP contribution in [0.25, 0.3) is 0 Å². The summed E-state index contributed by atoms with van der Waals surface area (Å²) in [5.41, 5.74) is 8.07. The number of rotatable bonds is 6. The van der Waals surface area contributed by atoms with Crippen molar-refractivity contribution in [3.63, 3.8) is 0 Å². The Bertz CT molecular complexity index is 404. The summed E-state index contributed by atoms with van der Waals surface area (Å²) in [6, 6.07) is 8.22. The van der Waals surface area contributed by atoms with Gasteiger partial charge in [0.05, 0.1) is 12.1 Å². The van der Waals surface area contributed by atoms with Crippen LogP contribution in [0.5, 0.6) is 0 Å². The Kier molecular flexibility index (Phi) is 8.46. The number of halogens is 1. The van der Waals surface area contributed by atoms with Gasteiger partial charge in [-0.15, -0.1) is 12.4 Å². The first-order chi connectivity index (χ1) is 8.95. The monoisotopic (exact) mass is 299 g/mol. The summed E-state index contributed by atoms with van der Waals surface area (Å²) < 4.78 is 0. The van der Waals surface area contributed by atoms with Crippen LogP contribution in [0.4, 0.5) is 0 Å². The summed E-state index contributed by atoms with van der Waals surface area (Å²) in [6.45, 7) is 4.40. The normalized spacial score (nSPS) is 13.5. The Morgan fingerprint density at radius 3 is 2.25 bits per heavy atom.